The highest BCUT2D eigenvalue weighted by Gasteiger charge is 2.37. The van der Waals surface area contributed by atoms with E-state index in [1.165, 1.54) is 26.4 Å². The number of unbranched alkanes of at least 4 members (excludes halogenated alkanes) is 1. The van der Waals surface area contributed by atoms with Gasteiger partial charge in [-0.15, -0.1) is 0 Å². The van der Waals surface area contributed by atoms with Crippen molar-refractivity contribution in [1.29, 1.82) is 0 Å². The maximum atomic E-state index is 14.4. The minimum Gasteiger partial charge on any atom is -0.481 e. The van der Waals surface area contributed by atoms with Crippen LogP contribution >= 0.6 is 0 Å². The topological polar surface area (TPSA) is 520 Å². The van der Waals surface area contributed by atoms with E-state index in [1.54, 1.807) is 60.8 Å². The second-order valence-electron chi connectivity index (χ2n) is 20.7. The molecule has 2 heterocycles. The fourth-order valence-corrected chi connectivity index (χ4v) is 8.84. The number of carbonyl (C=O) groups is 13. The number of hydrogen-bond donors (Lipinski definition) is 18. The van der Waals surface area contributed by atoms with E-state index in [9.17, 15) is 82.8 Å². The van der Waals surface area contributed by atoms with Crippen LogP contribution in [0.4, 0.5) is 0 Å². The molecule has 32 heteroatoms. The van der Waals surface area contributed by atoms with Crippen LogP contribution in [0.25, 0.3) is 10.9 Å². The normalized spacial score (nSPS) is 14.8. The molecule has 2 aromatic carbocycles. The van der Waals surface area contributed by atoms with Gasteiger partial charge in [0.15, 0.2) is 0 Å². The summed E-state index contributed by atoms with van der Waals surface area (Å²) in [5.74, 6) is -13.7. The third-order valence-electron chi connectivity index (χ3n) is 13.6. The number of rotatable bonds is 37. The molecule has 32 nitrogen and oxygen atoms in total. The van der Waals surface area contributed by atoms with Crippen LogP contribution in [0.15, 0.2) is 73.3 Å². The molecule has 0 radical (unpaired) electrons. The van der Waals surface area contributed by atoms with Gasteiger partial charge in [0, 0.05) is 61.6 Å². The number of nitrogens with two attached hydrogens (primary N) is 2. The standard InChI is InChI=1S/C56H77N15O17/c1-28(48(80)67-39(47(58)79)23-45(77)78)62-52(84)40(20-32-12-6-5-7-13-32)68-50(82)37(16-10-11-19-57)65-54(86)42(22-34-25-59-27-61-34)70-56(88)46(30(3)73)71-49(81)29(2)63-53(85)41(21-33-24-60-36-15-9-8-14-35(33)36)69-51(83)38(17-18-44(75)76)66-55(87)43(26-72)64-31(4)74/h5-9,12-15,24-25,27-30,37-43,46,60,72-73H,10-11,16-23,26,57H2,1-4H3,(H2,58,79)(H,59,61)(H,62,84)(H,63,85)(H,64,74)(H,65,86)(H,66,87)(H,67,80)(H,68,82)(H,69,83)(H,70,88)(H,71,81)(H,75,76)(H,77,78)/t28-,29-,30+,37-,38-,39-,40-,41-,42-,43-,46-/m0/s1. The van der Waals surface area contributed by atoms with Crippen molar-refractivity contribution in [3.63, 3.8) is 0 Å². The summed E-state index contributed by atoms with van der Waals surface area (Å²) in [6, 6.07) is -0.257. The van der Waals surface area contributed by atoms with Gasteiger partial charge in [-0.25, -0.2) is 4.98 Å². The van der Waals surface area contributed by atoms with Crippen molar-refractivity contribution >= 4 is 87.8 Å². The molecule has 0 saturated heterocycles. The number of H-pyrrole nitrogens is 2. The number of fused-ring (bicyclic) bond motifs is 1. The molecule has 11 atom stereocenters. The summed E-state index contributed by atoms with van der Waals surface area (Å²) < 4.78 is 0. The van der Waals surface area contributed by atoms with Gasteiger partial charge in [0.25, 0.3) is 0 Å². The van der Waals surface area contributed by atoms with Crippen LogP contribution in [0, 0.1) is 0 Å². The number of carboxylic acids is 2. The van der Waals surface area contributed by atoms with E-state index in [0.717, 1.165) is 13.8 Å². The first kappa shape index (κ1) is 70.7. The summed E-state index contributed by atoms with van der Waals surface area (Å²) >= 11 is 0. The van der Waals surface area contributed by atoms with E-state index in [0.29, 0.717) is 34.1 Å². The maximum absolute atomic E-state index is 14.4. The predicted octanol–water partition coefficient (Wildman–Crippen LogP) is -4.85. The number of nitrogens with zero attached hydrogens (tertiary/aromatic N) is 1. The molecule has 0 aliphatic rings. The van der Waals surface area contributed by atoms with Crippen molar-refractivity contribution in [2.75, 3.05) is 13.2 Å². The fraction of sp³-hybridized carbons (Fsp3) is 0.464. The average Bonchev–Trinajstić information content (AvgIpc) is 4.37. The van der Waals surface area contributed by atoms with Gasteiger partial charge in [-0.2, -0.15) is 0 Å². The Morgan fingerprint density at radius 2 is 1.06 bits per heavy atom. The molecule has 0 saturated carbocycles. The third kappa shape index (κ3) is 22.9. The van der Waals surface area contributed by atoms with Gasteiger partial charge in [-0.3, -0.25) is 62.3 Å². The highest BCUT2D eigenvalue weighted by molar-refractivity contribution is 5.99. The van der Waals surface area contributed by atoms with Crippen molar-refractivity contribution in [2.24, 2.45) is 11.5 Å². The first-order chi connectivity index (χ1) is 41.7. The van der Waals surface area contributed by atoms with E-state index in [1.807, 2.05) is 0 Å². The lowest BCUT2D eigenvalue weighted by Gasteiger charge is -2.28. The van der Waals surface area contributed by atoms with Crippen molar-refractivity contribution in [3.05, 3.63) is 90.1 Å². The molecule has 0 aliphatic heterocycles. The predicted molar refractivity (Wildman–Crippen MR) is 311 cm³/mol. The number of aromatic amines is 2. The molecule has 0 unspecified atom stereocenters. The summed E-state index contributed by atoms with van der Waals surface area (Å²) in [4.78, 5) is 182. The number of benzene rings is 2. The van der Waals surface area contributed by atoms with E-state index >= 15 is 0 Å². The van der Waals surface area contributed by atoms with Gasteiger partial charge in [0.1, 0.15) is 60.4 Å². The molecule has 4 aromatic rings. The number of amides is 11. The number of para-hydroxylation sites is 1. The number of imidazole rings is 1. The van der Waals surface area contributed by atoms with Gasteiger partial charge in [-0.05, 0) is 70.2 Å². The number of hydrogen-bond acceptors (Lipinski definition) is 17. The SMILES string of the molecule is CC(=O)N[C@@H](CO)C(=O)N[C@@H](CCC(=O)O)C(=O)N[C@@H](Cc1c[nH]c2ccccc12)C(=O)N[C@@H](C)C(=O)N[C@H](C(=O)N[C@@H](Cc1cnc[nH]1)C(=O)N[C@@H](CCCCN)C(=O)N[C@@H](Cc1ccccc1)C(=O)N[C@@H](C)C(=O)N[C@@H](CC(=O)O)C(N)=O)[C@@H](C)O. The minimum absolute atomic E-state index is 0.0643. The van der Waals surface area contributed by atoms with Crippen LogP contribution in [0.5, 0.6) is 0 Å². The number of aromatic nitrogens is 3. The molecular formula is C56H77N15O17. The molecule has 11 amide bonds. The van der Waals surface area contributed by atoms with E-state index in [-0.39, 0.29) is 38.6 Å². The number of aliphatic hydroxyl groups is 2. The highest BCUT2D eigenvalue weighted by atomic mass is 16.4. The van der Waals surface area contributed by atoms with Gasteiger partial charge >= 0.3 is 11.9 Å². The van der Waals surface area contributed by atoms with Crippen LogP contribution in [0.1, 0.15) is 83.0 Å². The first-order valence-corrected chi connectivity index (χ1v) is 28.0. The van der Waals surface area contributed by atoms with Crippen LogP contribution in [0.3, 0.4) is 0 Å². The number of aliphatic carboxylic acids is 2. The van der Waals surface area contributed by atoms with Crippen molar-refractivity contribution in [1.82, 2.24) is 68.1 Å². The van der Waals surface area contributed by atoms with Gasteiger partial charge < -0.3 is 95.0 Å². The molecule has 478 valence electrons. The van der Waals surface area contributed by atoms with Gasteiger partial charge in [-0.1, -0.05) is 48.5 Å². The third-order valence-corrected chi connectivity index (χ3v) is 13.6. The Balaban J connectivity index is 1.57. The number of carboxylic acid groups (broad SMARTS) is 2. The summed E-state index contributed by atoms with van der Waals surface area (Å²) in [6.07, 6.45) is 0.365. The fourth-order valence-electron chi connectivity index (χ4n) is 8.84. The van der Waals surface area contributed by atoms with Crippen molar-refractivity contribution in [2.45, 2.75) is 152 Å². The Morgan fingerprint density at radius 3 is 1.60 bits per heavy atom. The van der Waals surface area contributed by atoms with Crippen molar-refractivity contribution in [3.8, 4) is 0 Å². The lowest BCUT2D eigenvalue weighted by Crippen LogP contribution is -2.62. The van der Waals surface area contributed by atoms with Crippen molar-refractivity contribution < 1.29 is 82.8 Å². The van der Waals surface area contributed by atoms with Crippen LogP contribution in [0.2, 0.25) is 0 Å². The lowest BCUT2D eigenvalue weighted by atomic mass is 10.0. The largest absolute Gasteiger partial charge is 0.481 e. The Bertz CT molecular complexity index is 3090. The van der Waals surface area contributed by atoms with Crippen LogP contribution < -0.4 is 64.6 Å². The summed E-state index contributed by atoms with van der Waals surface area (Å²) in [5, 5.41) is 64.2. The monoisotopic (exact) mass is 1230 g/mol. The quantitative estimate of drug-likeness (QED) is 0.0188. The molecule has 88 heavy (non-hydrogen) atoms. The molecule has 0 bridgehead atoms. The van der Waals surface area contributed by atoms with Gasteiger partial charge in [0.2, 0.25) is 65.0 Å². The first-order valence-electron chi connectivity index (χ1n) is 28.0. The molecule has 20 N–H and O–H groups in total. The Labute approximate surface area is 504 Å². The molecule has 4 rings (SSSR count). The van der Waals surface area contributed by atoms with Gasteiger partial charge in [0.05, 0.1) is 25.5 Å². The summed E-state index contributed by atoms with van der Waals surface area (Å²) in [6.45, 7) is 3.97. The Hall–Kier alpha value is -9.82. The Morgan fingerprint density at radius 1 is 0.545 bits per heavy atom. The number of nitrogens with one attached hydrogen (secondary N) is 12. The minimum atomic E-state index is -1.84. The highest BCUT2D eigenvalue weighted by Crippen LogP contribution is 2.20. The molecular weight excluding hydrogens is 1150 g/mol. The maximum Gasteiger partial charge on any atom is 0.305 e. The molecule has 0 aliphatic carbocycles. The smallest absolute Gasteiger partial charge is 0.305 e. The Kier molecular flexibility index (Phi) is 28.1. The average molecular weight is 1230 g/mol. The number of primary amides is 1. The number of aliphatic hydroxyl groups excluding tert-OH is 2. The zero-order valence-corrected chi connectivity index (χ0v) is 48.8. The zero-order chi connectivity index (χ0) is 65.2. The summed E-state index contributed by atoms with van der Waals surface area (Å²) in [5.41, 5.74) is 13.0. The molecule has 0 fully saturated rings. The number of carbonyl (C=O) groups excluding carboxylic acids is 11. The van der Waals surface area contributed by atoms with Crippen LogP contribution in [-0.2, 0) is 81.6 Å². The second-order valence-corrected chi connectivity index (χ2v) is 20.7. The molecule has 2 aromatic heterocycles. The van der Waals surface area contributed by atoms with E-state index in [2.05, 4.69) is 68.1 Å². The summed E-state index contributed by atoms with van der Waals surface area (Å²) in [7, 11) is 0. The van der Waals surface area contributed by atoms with Crippen LogP contribution in [-0.4, -0.2) is 192 Å². The van der Waals surface area contributed by atoms with E-state index in [4.69, 9.17) is 11.5 Å². The zero-order valence-electron chi connectivity index (χ0n) is 48.8. The molecule has 0 spiro atoms. The second kappa shape index (κ2) is 35.0. The van der Waals surface area contributed by atoms with E-state index < -0.39 is 169 Å². The lowest BCUT2D eigenvalue weighted by molar-refractivity contribution is -0.140.